The molecule has 3 aromatic rings. The SMILES string of the molecule is Cc1ccnc([C@H]2CN(C(=O)c3cnn4cccnc34)CCO2)n1. The molecule has 1 atom stereocenters. The maximum atomic E-state index is 12.9. The fourth-order valence-electron chi connectivity index (χ4n) is 2.76. The zero-order valence-corrected chi connectivity index (χ0v) is 13.2. The minimum atomic E-state index is -0.322. The van der Waals surface area contributed by atoms with Crippen molar-refractivity contribution in [1.29, 1.82) is 0 Å². The van der Waals surface area contributed by atoms with Gasteiger partial charge in [-0.05, 0) is 19.1 Å². The summed E-state index contributed by atoms with van der Waals surface area (Å²) in [6.07, 6.45) is 6.35. The molecule has 0 aliphatic carbocycles. The van der Waals surface area contributed by atoms with Gasteiger partial charge >= 0.3 is 0 Å². The number of nitrogens with zero attached hydrogens (tertiary/aromatic N) is 6. The first-order valence-corrected chi connectivity index (χ1v) is 7.71. The van der Waals surface area contributed by atoms with E-state index in [9.17, 15) is 4.79 Å². The molecule has 1 aliphatic rings. The molecule has 1 amide bonds. The van der Waals surface area contributed by atoms with Crippen molar-refractivity contribution in [3.8, 4) is 0 Å². The molecule has 0 aromatic carbocycles. The summed E-state index contributed by atoms with van der Waals surface area (Å²) in [4.78, 5) is 27.5. The molecule has 1 aliphatic heterocycles. The zero-order chi connectivity index (χ0) is 16.5. The lowest BCUT2D eigenvalue weighted by atomic mass is 10.2. The first kappa shape index (κ1) is 14.7. The molecule has 0 bridgehead atoms. The number of carbonyl (C=O) groups excluding carboxylic acids is 1. The molecule has 0 unspecified atom stereocenters. The van der Waals surface area contributed by atoms with Gasteiger partial charge in [-0.15, -0.1) is 0 Å². The molecule has 0 N–H and O–H groups in total. The topological polar surface area (TPSA) is 85.5 Å². The van der Waals surface area contributed by atoms with E-state index >= 15 is 0 Å². The van der Waals surface area contributed by atoms with Gasteiger partial charge in [0.1, 0.15) is 11.7 Å². The number of hydrogen-bond donors (Lipinski definition) is 0. The third kappa shape index (κ3) is 2.61. The molecule has 122 valence electrons. The Bertz CT molecular complexity index is 893. The van der Waals surface area contributed by atoms with Crippen LogP contribution in [0.1, 0.15) is 28.0 Å². The summed E-state index contributed by atoms with van der Waals surface area (Å²) < 4.78 is 7.34. The molecule has 4 rings (SSSR count). The van der Waals surface area contributed by atoms with Crippen molar-refractivity contribution >= 4 is 11.6 Å². The number of morpholine rings is 1. The fraction of sp³-hybridized carbons (Fsp3) is 0.312. The smallest absolute Gasteiger partial charge is 0.259 e. The van der Waals surface area contributed by atoms with Crippen LogP contribution in [0.4, 0.5) is 0 Å². The summed E-state index contributed by atoms with van der Waals surface area (Å²) in [6, 6.07) is 3.61. The van der Waals surface area contributed by atoms with Crippen LogP contribution in [-0.2, 0) is 4.74 Å². The van der Waals surface area contributed by atoms with Gasteiger partial charge in [-0.1, -0.05) is 0 Å². The highest BCUT2D eigenvalue weighted by Gasteiger charge is 2.29. The largest absolute Gasteiger partial charge is 0.367 e. The molecular weight excluding hydrogens is 308 g/mol. The molecular formula is C16H16N6O2. The van der Waals surface area contributed by atoms with Crippen LogP contribution < -0.4 is 0 Å². The van der Waals surface area contributed by atoms with Crippen LogP contribution in [-0.4, -0.2) is 55.1 Å². The van der Waals surface area contributed by atoms with E-state index in [0.29, 0.717) is 36.7 Å². The first-order valence-electron chi connectivity index (χ1n) is 7.71. The molecule has 0 spiro atoms. The van der Waals surface area contributed by atoms with Crippen molar-refractivity contribution < 1.29 is 9.53 Å². The lowest BCUT2D eigenvalue weighted by Gasteiger charge is -2.32. The minimum absolute atomic E-state index is 0.107. The monoisotopic (exact) mass is 324 g/mol. The number of fused-ring (bicyclic) bond motifs is 1. The zero-order valence-electron chi connectivity index (χ0n) is 13.2. The molecule has 1 saturated heterocycles. The van der Waals surface area contributed by atoms with E-state index in [1.807, 2.05) is 13.0 Å². The van der Waals surface area contributed by atoms with Gasteiger partial charge in [0.05, 0.1) is 19.3 Å². The van der Waals surface area contributed by atoms with E-state index in [0.717, 1.165) is 5.69 Å². The number of hydrogen-bond acceptors (Lipinski definition) is 6. The van der Waals surface area contributed by atoms with Crippen LogP contribution in [0.25, 0.3) is 5.65 Å². The Balaban J connectivity index is 1.58. The molecule has 8 heteroatoms. The quantitative estimate of drug-likeness (QED) is 0.700. The summed E-state index contributed by atoms with van der Waals surface area (Å²) in [5.41, 5.74) is 1.91. The van der Waals surface area contributed by atoms with Gasteiger partial charge in [0.25, 0.3) is 5.91 Å². The Hall–Kier alpha value is -2.87. The summed E-state index contributed by atoms with van der Waals surface area (Å²) >= 11 is 0. The maximum Gasteiger partial charge on any atom is 0.259 e. The van der Waals surface area contributed by atoms with Crippen molar-refractivity contribution in [1.82, 2.24) is 29.5 Å². The van der Waals surface area contributed by atoms with Gasteiger partial charge in [-0.25, -0.2) is 19.5 Å². The number of rotatable bonds is 2. The standard InChI is InChI=1S/C16H16N6O2/c1-11-3-5-17-14(20-11)13-10-21(7-8-24-13)16(23)12-9-19-22-6-2-4-18-15(12)22/h2-6,9,13H,7-8,10H2,1H3/t13-/m1/s1. The average Bonchev–Trinajstić information content (AvgIpc) is 3.05. The molecule has 4 heterocycles. The summed E-state index contributed by atoms with van der Waals surface area (Å²) in [5.74, 6) is 0.496. The lowest BCUT2D eigenvalue weighted by molar-refractivity contribution is -0.0268. The third-order valence-corrected chi connectivity index (χ3v) is 3.96. The Morgan fingerprint density at radius 1 is 1.33 bits per heavy atom. The van der Waals surface area contributed by atoms with Crippen LogP contribution in [0.5, 0.6) is 0 Å². The lowest BCUT2D eigenvalue weighted by Crippen LogP contribution is -2.42. The van der Waals surface area contributed by atoms with Gasteiger partial charge in [0.2, 0.25) is 0 Å². The van der Waals surface area contributed by atoms with Crippen molar-refractivity contribution in [2.24, 2.45) is 0 Å². The normalized spacial score (nSPS) is 18.0. The Kier molecular flexibility index (Phi) is 3.66. The second-order valence-electron chi connectivity index (χ2n) is 5.61. The highest BCUT2D eigenvalue weighted by atomic mass is 16.5. The van der Waals surface area contributed by atoms with Crippen LogP contribution in [0.3, 0.4) is 0 Å². The summed E-state index contributed by atoms with van der Waals surface area (Å²) in [5, 5.41) is 4.17. The van der Waals surface area contributed by atoms with E-state index in [4.69, 9.17) is 4.74 Å². The van der Waals surface area contributed by atoms with Crippen molar-refractivity contribution in [2.75, 3.05) is 19.7 Å². The number of carbonyl (C=O) groups is 1. The van der Waals surface area contributed by atoms with Crippen molar-refractivity contribution in [3.63, 3.8) is 0 Å². The van der Waals surface area contributed by atoms with Gasteiger partial charge in [0.15, 0.2) is 11.5 Å². The molecule has 0 saturated carbocycles. The summed E-state index contributed by atoms with van der Waals surface area (Å²) in [6.45, 7) is 3.28. The minimum Gasteiger partial charge on any atom is -0.367 e. The van der Waals surface area contributed by atoms with Gasteiger partial charge < -0.3 is 9.64 Å². The van der Waals surface area contributed by atoms with E-state index in [1.165, 1.54) is 0 Å². The van der Waals surface area contributed by atoms with E-state index < -0.39 is 0 Å². The van der Waals surface area contributed by atoms with Crippen LogP contribution in [0.2, 0.25) is 0 Å². The van der Waals surface area contributed by atoms with Crippen LogP contribution in [0, 0.1) is 6.92 Å². The average molecular weight is 324 g/mol. The molecule has 1 fully saturated rings. The predicted molar refractivity (Wildman–Crippen MR) is 84.4 cm³/mol. The van der Waals surface area contributed by atoms with E-state index in [-0.39, 0.29) is 12.0 Å². The molecule has 3 aromatic heterocycles. The van der Waals surface area contributed by atoms with Crippen molar-refractivity contribution in [2.45, 2.75) is 13.0 Å². The highest BCUT2D eigenvalue weighted by molar-refractivity contribution is 5.99. The molecule has 0 radical (unpaired) electrons. The third-order valence-electron chi connectivity index (χ3n) is 3.96. The number of aryl methyl sites for hydroxylation is 1. The van der Waals surface area contributed by atoms with Gasteiger partial charge in [-0.2, -0.15) is 5.10 Å². The predicted octanol–water partition coefficient (Wildman–Crippen LogP) is 1.04. The maximum absolute atomic E-state index is 12.9. The Labute approximate surface area is 138 Å². The molecule has 8 nitrogen and oxygen atoms in total. The number of aromatic nitrogens is 5. The second-order valence-corrected chi connectivity index (χ2v) is 5.61. The Morgan fingerprint density at radius 3 is 3.12 bits per heavy atom. The van der Waals surface area contributed by atoms with Crippen LogP contribution >= 0.6 is 0 Å². The summed E-state index contributed by atoms with van der Waals surface area (Å²) in [7, 11) is 0. The second kappa shape index (κ2) is 5.97. The van der Waals surface area contributed by atoms with Gasteiger partial charge in [0, 0.05) is 30.8 Å². The fourth-order valence-corrected chi connectivity index (χ4v) is 2.76. The molecule has 24 heavy (non-hydrogen) atoms. The highest BCUT2D eigenvalue weighted by Crippen LogP contribution is 2.21. The van der Waals surface area contributed by atoms with Crippen molar-refractivity contribution in [3.05, 3.63) is 54.0 Å². The number of amides is 1. The Morgan fingerprint density at radius 2 is 2.25 bits per heavy atom. The van der Waals surface area contributed by atoms with E-state index in [2.05, 4.69) is 20.1 Å². The first-order chi connectivity index (χ1) is 11.7. The number of ether oxygens (including phenoxy) is 1. The van der Waals surface area contributed by atoms with Gasteiger partial charge in [-0.3, -0.25) is 4.79 Å². The van der Waals surface area contributed by atoms with Crippen LogP contribution in [0.15, 0.2) is 36.9 Å². The van der Waals surface area contributed by atoms with E-state index in [1.54, 1.807) is 40.3 Å².